The zero-order valence-corrected chi connectivity index (χ0v) is 16.1. The van der Waals surface area contributed by atoms with Gasteiger partial charge in [0.05, 0.1) is 25.5 Å². The van der Waals surface area contributed by atoms with Gasteiger partial charge < -0.3 is 15.3 Å². The first-order valence-corrected chi connectivity index (χ1v) is 8.69. The lowest BCUT2D eigenvalue weighted by molar-refractivity contribution is 0.276. The van der Waals surface area contributed by atoms with Crippen molar-refractivity contribution in [1.29, 1.82) is 0 Å². The maximum Gasteiger partial charge on any atom is 0.0853 e. The molecule has 3 aromatic rings. The van der Waals surface area contributed by atoms with Crippen LogP contribution < -0.4 is 0 Å². The highest BCUT2D eigenvalue weighted by molar-refractivity contribution is 5.21. The minimum Gasteiger partial charge on any atom is -0.392 e. The summed E-state index contributed by atoms with van der Waals surface area (Å²) >= 11 is 0. The van der Waals surface area contributed by atoms with E-state index in [0.717, 1.165) is 28.1 Å². The van der Waals surface area contributed by atoms with Crippen LogP contribution in [-0.4, -0.2) is 25.3 Å². The first kappa shape index (κ1) is 22.4. The predicted molar refractivity (Wildman–Crippen MR) is 107 cm³/mol. The van der Waals surface area contributed by atoms with Gasteiger partial charge in [-0.15, -0.1) is 0 Å². The highest BCUT2D eigenvalue weighted by atomic mass is 16.3. The van der Waals surface area contributed by atoms with Crippen molar-refractivity contribution in [2.45, 2.75) is 40.6 Å². The van der Waals surface area contributed by atoms with Crippen molar-refractivity contribution in [3.8, 4) is 0 Å². The van der Waals surface area contributed by atoms with Gasteiger partial charge in [-0.05, 0) is 49.6 Å². The van der Waals surface area contributed by atoms with Crippen LogP contribution in [0.1, 0.15) is 33.6 Å². The number of aryl methyl sites for hydroxylation is 3. The van der Waals surface area contributed by atoms with Crippen LogP contribution in [0.5, 0.6) is 0 Å². The minimum absolute atomic E-state index is 0.0294. The van der Waals surface area contributed by atoms with Gasteiger partial charge in [0.2, 0.25) is 0 Å². The third-order valence-corrected chi connectivity index (χ3v) is 3.49. The summed E-state index contributed by atoms with van der Waals surface area (Å²) in [5.41, 5.74) is 5.81. The first-order valence-electron chi connectivity index (χ1n) is 8.69. The van der Waals surface area contributed by atoms with Gasteiger partial charge in [0.25, 0.3) is 0 Å². The summed E-state index contributed by atoms with van der Waals surface area (Å²) in [4.78, 5) is 7.94. The largest absolute Gasteiger partial charge is 0.392 e. The zero-order chi connectivity index (χ0) is 20.1. The van der Waals surface area contributed by atoms with Crippen molar-refractivity contribution < 1.29 is 15.3 Å². The highest BCUT2D eigenvalue weighted by Crippen LogP contribution is 2.02. The fourth-order valence-corrected chi connectivity index (χ4v) is 2.20. The molecule has 1 aromatic carbocycles. The predicted octanol–water partition coefficient (Wildman–Crippen LogP) is 3.25. The molecule has 27 heavy (non-hydrogen) atoms. The number of aliphatic hydroxyl groups excluding tert-OH is 3. The van der Waals surface area contributed by atoms with Crippen LogP contribution in [0.2, 0.25) is 0 Å². The fourth-order valence-electron chi connectivity index (χ4n) is 2.20. The first-order chi connectivity index (χ1) is 13.0. The van der Waals surface area contributed by atoms with Crippen molar-refractivity contribution in [3.05, 3.63) is 94.6 Å². The smallest absolute Gasteiger partial charge is 0.0853 e. The lowest BCUT2D eigenvalue weighted by Crippen LogP contribution is -1.89. The summed E-state index contributed by atoms with van der Waals surface area (Å²) in [5.74, 6) is 0. The molecule has 2 heterocycles. The van der Waals surface area contributed by atoms with E-state index in [1.165, 1.54) is 5.56 Å². The van der Waals surface area contributed by atoms with Crippen LogP contribution >= 0.6 is 0 Å². The molecule has 0 atom stereocenters. The number of rotatable bonds is 3. The molecule has 0 unspecified atom stereocenters. The van der Waals surface area contributed by atoms with Crippen molar-refractivity contribution in [3.63, 3.8) is 0 Å². The second-order valence-electron chi connectivity index (χ2n) is 6.10. The molecule has 0 bridgehead atoms. The van der Waals surface area contributed by atoms with E-state index in [1.807, 2.05) is 63.2 Å². The second-order valence-corrected chi connectivity index (χ2v) is 6.10. The molecule has 5 heteroatoms. The van der Waals surface area contributed by atoms with Gasteiger partial charge in [0, 0.05) is 18.1 Å². The van der Waals surface area contributed by atoms with Gasteiger partial charge in [0.15, 0.2) is 0 Å². The van der Waals surface area contributed by atoms with E-state index in [1.54, 1.807) is 18.5 Å². The van der Waals surface area contributed by atoms with E-state index < -0.39 is 0 Å². The number of hydrogen-bond donors (Lipinski definition) is 3. The maximum absolute atomic E-state index is 8.66. The Morgan fingerprint density at radius 1 is 0.704 bits per heavy atom. The van der Waals surface area contributed by atoms with Gasteiger partial charge in [-0.2, -0.15) is 0 Å². The molecule has 0 aliphatic rings. The second kappa shape index (κ2) is 12.7. The van der Waals surface area contributed by atoms with Crippen LogP contribution in [0, 0.1) is 20.8 Å². The normalized spacial score (nSPS) is 9.56. The molecule has 2 aromatic heterocycles. The molecule has 0 fully saturated rings. The number of pyridine rings is 2. The fraction of sp³-hybridized carbons (Fsp3) is 0.273. The van der Waals surface area contributed by atoms with E-state index in [2.05, 4.69) is 9.97 Å². The van der Waals surface area contributed by atoms with Gasteiger partial charge in [-0.3, -0.25) is 9.97 Å². The summed E-state index contributed by atoms with van der Waals surface area (Å²) in [6.45, 7) is 6.11. The summed E-state index contributed by atoms with van der Waals surface area (Å²) in [6, 6.07) is 15.3. The summed E-state index contributed by atoms with van der Waals surface area (Å²) < 4.78 is 0. The van der Waals surface area contributed by atoms with Crippen molar-refractivity contribution >= 4 is 0 Å². The minimum atomic E-state index is 0.0294. The molecule has 3 N–H and O–H groups in total. The van der Waals surface area contributed by atoms with E-state index in [0.29, 0.717) is 0 Å². The molecule has 0 aliphatic carbocycles. The molecule has 0 saturated heterocycles. The Bertz CT molecular complexity index is 699. The molecule has 5 nitrogen and oxygen atoms in total. The third-order valence-electron chi connectivity index (χ3n) is 3.49. The van der Waals surface area contributed by atoms with E-state index in [9.17, 15) is 0 Å². The van der Waals surface area contributed by atoms with Crippen LogP contribution in [0.4, 0.5) is 0 Å². The number of aliphatic hydroxyl groups is 3. The van der Waals surface area contributed by atoms with E-state index in [-0.39, 0.29) is 19.8 Å². The average Bonchev–Trinajstić information content (AvgIpc) is 2.69. The van der Waals surface area contributed by atoms with Crippen LogP contribution in [-0.2, 0) is 19.8 Å². The standard InChI is InChI=1S/C8H10O.2C7H9NO/c1-7-3-2-4-8(5-7)6-9;1-6-2-7(5-9)4-8-3-6;1-6-3-2-4-7(5-9)8-6/h2-5,9H,6H2,1H3;2*2-4,9H,5H2,1H3. The molecule has 0 aliphatic heterocycles. The monoisotopic (exact) mass is 368 g/mol. The van der Waals surface area contributed by atoms with Crippen LogP contribution in [0.3, 0.4) is 0 Å². The molecule has 0 saturated carbocycles. The van der Waals surface area contributed by atoms with Gasteiger partial charge >= 0.3 is 0 Å². The topological polar surface area (TPSA) is 86.5 Å². The summed E-state index contributed by atoms with van der Waals surface area (Å²) in [7, 11) is 0. The lowest BCUT2D eigenvalue weighted by Gasteiger charge is -1.94. The summed E-state index contributed by atoms with van der Waals surface area (Å²) in [5, 5.41) is 25.9. The molecular formula is C22H28N2O3. The Balaban J connectivity index is 0.000000202. The zero-order valence-electron chi connectivity index (χ0n) is 16.1. The highest BCUT2D eigenvalue weighted by Gasteiger charge is 1.89. The molecule has 0 amide bonds. The average molecular weight is 368 g/mol. The van der Waals surface area contributed by atoms with E-state index in [4.69, 9.17) is 15.3 Å². The van der Waals surface area contributed by atoms with Crippen molar-refractivity contribution in [2.24, 2.45) is 0 Å². The Kier molecular flexibility index (Phi) is 10.6. The van der Waals surface area contributed by atoms with Crippen molar-refractivity contribution in [1.82, 2.24) is 9.97 Å². The van der Waals surface area contributed by atoms with Gasteiger partial charge in [-0.25, -0.2) is 0 Å². The van der Waals surface area contributed by atoms with Gasteiger partial charge in [-0.1, -0.05) is 42.0 Å². The Hall–Kier alpha value is -2.60. The molecule has 3 rings (SSSR count). The number of hydrogen-bond acceptors (Lipinski definition) is 5. The molecule has 0 spiro atoms. The van der Waals surface area contributed by atoms with Gasteiger partial charge in [0.1, 0.15) is 0 Å². The SMILES string of the molecule is Cc1cccc(CO)c1.Cc1cccc(CO)n1.Cc1cncc(CO)c1. The molecule has 0 radical (unpaired) electrons. The number of aromatic nitrogens is 2. The number of benzene rings is 1. The third kappa shape index (κ3) is 9.61. The van der Waals surface area contributed by atoms with Crippen LogP contribution in [0.15, 0.2) is 60.9 Å². The van der Waals surface area contributed by atoms with Crippen LogP contribution in [0.25, 0.3) is 0 Å². The number of nitrogens with zero attached hydrogens (tertiary/aromatic N) is 2. The molecular weight excluding hydrogens is 340 g/mol. The maximum atomic E-state index is 8.66. The Morgan fingerprint density at radius 3 is 1.81 bits per heavy atom. The quantitative estimate of drug-likeness (QED) is 0.661. The Morgan fingerprint density at radius 2 is 1.37 bits per heavy atom. The molecule has 144 valence electrons. The van der Waals surface area contributed by atoms with E-state index >= 15 is 0 Å². The Labute approximate surface area is 161 Å². The van der Waals surface area contributed by atoms with Crippen molar-refractivity contribution in [2.75, 3.05) is 0 Å². The summed E-state index contributed by atoms with van der Waals surface area (Å²) in [6.07, 6.45) is 3.42. The lowest BCUT2D eigenvalue weighted by atomic mass is 10.1.